The quantitative estimate of drug-likeness (QED) is 0.649. The fourth-order valence-electron chi connectivity index (χ4n) is 2.37. The Hall–Kier alpha value is -0.900. The molecule has 1 rings (SSSR count). The lowest BCUT2D eigenvalue weighted by Gasteiger charge is -2.19. The zero-order chi connectivity index (χ0) is 15.7. The van der Waals surface area contributed by atoms with Gasteiger partial charge in [-0.25, -0.2) is 0 Å². The fourth-order valence-corrected chi connectivity index (χ4v) is 2.37. The van der Waals surface area contributed by atoms with Crippen LogP contribution in [0.3, 0.4) is 0 Å². The summed E-state index contributed by atoms with van der Waals surface area (Å²) in [6.07, 6.45) is 1.80. The number of benzene rings is 1. The van der Waals surface area contributed by atoms with Gasteiger partial charge in [-0.15, -0.1) is 0 Å². The number of hydrogen-bond acceptors (Lipinski definition) is 3. The van der Waals surface area contributed by atoms with E-state index in [1.165, 1.54) is 17.5 Å². The molecule has 0 spiro atoms. The van der Waals surface area contributed by atoms with Gasteiger partial charge in [0.15, 0.2) is 0 Å². The highest BCUT2D eigenvalue weighted by Gasteiger charge is 2.10. The van der Waals surface area contributed by atoms with Crippen molar-refractivity contribution < 1.29 is 9.84 Å². The molecule has 0 aliphatic carbocycles. The first-order chi connectivity index (χ1) is 10.0. The van der Waals surface area contributed by atoms with Gasteiger partial charge < -0.3 is 15.2 Å². The van der Waals surface area contributed by atoms with E-state index in [1.54, 1.807) is 0 Å². The van der Waals surface area contributed by atoms with Crippen molar-refractivity contribution in [2.24, 2.45) is 5.92 Å². The predicted molar refractivity (Wildman–Crippen MR) is 88.5 cm³/mol. The number of aliphatic hydroxyl groups excluding tert-OH is 1. The van der Waals surface area contributed by atoms with Gasteiger partial charge >= 0.3 is 0 Å². The highest BCUT2D eigenvalue weighted by molar-refractivity contribution is 5.28. The van der Waals surface area contributed by atoms with E-state index in [-0.39, 0.29) is 6.04 Å². The largest absolute Gasteiger partial charge is 0.389 e. The summed E-state index contributed by atoms with van der Waals surface area (Å²) in [6.45, 7) is 10.4. The van der Waals surface area contributed by atoms with Crippen molar-refractivity contribution >= 4 is 0 Å². The van der Waals surface area contributed by atoms with E-state index in [2.05, 4.69) is 51.2 Å². The van der Waals surface area contributed by atoms with Crippen molar-refractivity contribution in [2.45, 2.75) is 52.7 Å². The molecule has 0 fully saturated rings. The van der Waals surface area contributed by atoms with Gasteiger partial charge in [-0.1, -0.05) is 38.1 Å². The predicted octanol–water partition coefficient (Wildman–Crippen LogP) is 3.46. The summed E-state index contributed by atoms with van der Waals surface area (Å²) in [4.78, 5) is 0. The average molecular weight is 293 g/mol. The molecule has 0 radical (unpaired) electrons. The fraction of sp³-hybridized carbons (Fsp3) is 0.667. The van der Waals surface area contributed by atoms with Gasteiger partial charge in [-0.2, -0.15) is 0 Å². The van der Waals surface area contributed by atoms with E-state index in [1.807, 2.05) is 6.07 Å². The summed E-state index contributed by atoms with van der Waals surface area (Å²) < 4.78 is 5.52. The van der Waals surface area contributed by atoms with E-state index in [4.69, 9.17) is 4.74 Å². The first-order valence-electron chi connectivity index (χ1n) is 8.05. The van der Waals surface area contributed by atoms with Crippen molar-refractivity contribution in [3.63, 3.8) is 0 Å². The molecule has 2 atom stereocenters. The third kappa shape index (κ3) is 7.60. The van der Waals surface area contributed by atoms with Crippen LogP contribution < -0.4 is 5.32 Å². The second kappa shape index (κ2) is 9.93. The zero-order valence-corrected chi connectivity index (χ0v) is 13.9. The summed E-state index contributed by atoms with van der Waals surface area (Å²) in [5.74, 6) is 0.718. The van der Waals surface area contributed by atoms with Gasteiger partial charge in [0.2, 0.25) is 0 Å². The second-order valence-electron chi connectivity index (χ2n) is 6.25. The van der Waals surface area contributed by atoms with Crippen molar-refractivity contribution in [1.29, 1.82) is 0 Å². The van der Waals surface area contributed by atoms with Gasteiger partial charge in [0.25, 0.3) is 0 Å². The van der Waals surface area contributed by atoms with Crippen LogP contribution in [0.4, 0.5) is 0 Å². The Labute approximate surface area is 129 Å². The number of aliphatic hydroxyl groups is 1. The van der Waals surface area contributed by atoms with Crippen LogP contribution in [0.1, 0.15) is 50.8 Å². The van der Waals surface area contributed by atoms with Crippen LogP contribution in [0.5, 0.6) is 0 Å². The molecule has 0 heterocycles. The molecule has 120 valence electrons. The third-order valence-corrected chi connectivity index (χ3v) is 3.70. The summed E-state index contributed by atoms with van der Waals surface area (Å²) >= 11 is 0. The van der Waals surface area contributed by atoms with Gasteiger partial charge in [0.1, 0.15) is 0 Å². The maximum absolute atomic E-state index is 9.94. The van der Waals surface area contributed by atoms with Gasteiger partial charge in [-0.3, -0.25) is 0 Å². The van der Waals surface area contributed by atoms with Crippen molar-refractivity contribution in [3.05, 3.63) is 35.4 Å². The monoisotopic (exact) mass is 293 g/mol. The highest BCUT2D eigenvalue weighted by Crippen LogP contribution is 2.16. The van der Waals surface area contributed by atoms with Crippen LogP contribution in [-0.2, 0) is 4.74 Å². The molecule has 1 aromatic carbocycles. The van der Waals surface area contributed by atoms with E-state index in [9.17, 15) is 5.11 Å². The second-order valence-corrected chi connectivity index (χ2v) is 6.25. The molecule has 0 bridgehead atoms. The zero-order valence-electron chi connectivity index (χ0n) is 13.9. The summed E-state index contributed by atoms with van der Waals surface area (Å²) in [5.41, 5.74) is 2.56. The number of rotatable bonds is 10. The molecule has 0 saturated carbocycles. The summed E-state index contributed by atoms with van der Waals surface area (Å²) in [6, 6.07) is 8.57. The molecule has 0 saturated heterocycles. The Kier molecular flexibility index (Phi) is 8.58. The van der Waals surface area contributed by atoms with Gasteiger partial charge in [0, 0.05) is 19.2 Å². The van der Waals surface area contributed by atoms with Crippen LogP contribution in [-0.4, -0.2) is 31.0 Å². The van der Waals surface area contributed by atoms with E-state index in [0.29, 0.717) is 13.2 Å². The number of hydrogen-bond donors (Lipinski definition) is 2. The van der Waals surface area contributed by atoms with Crippen LogP contribution >= 0.6 is 0 Å². The average Bonchev–Trinajstić information content (AvgIpc) is 2.44. The first-order valence-corrected chi connectivity index (χ1v) is 8.05. The standard InChI is InChI=1S/C18H31NO2/c1-14(2)8-7-11-21-13-17(20)12-19-16(4)18-10-6-5-9-15(18)3/h5-6,9-10,14,16-17,19-20H,7-8,11-13H2,1-4H3. The van der Waals surface area contributed by atoms with E-state index >= 15 is 0 Å². The summed E-state index contributed by atoms with van der Waals surface area (Å²) in [5, 5.41) is 13.3. The molecular weight excluding hydrogens is 262 g/mol. The molecule has 21 heavy (non-hydrogen) atoms. The molecule has 2 N–H and O–H groups in total. The smallest absolute Gasteiger partial charge is 0.0897 e. The SMILES string of the molecule is Cc1ccccc1C(C)NCC(O)COCCCC(C)C. The Morgan fingerprint density at radius 3 is 2.57 bits per heavy atom. The Morgan fingerprint density at radius 1 is 1.19 bits per heavy atom. The molecule has 3 nitrogen and oxygen atoms in total. The number of ether oxygens (including phenoxy) is 1. The Bertz CT molecular complexity index is 393. The van der Waals surface area contributed by atoms with Crippen LogP contribution in [0.15, 0.2) is 24.3 Å². The molecule has 0 aliphatic rings. The molecule has 3 heteroatoms. The Balaban J connectivity index is 2.18. The normalized spacial score (nSPS) is 14.4. The lowest BCUT2D eigenvalue weighted by molar-refractivity contribution is 0.0337. The van der Waals surface area contributed by atoms with Gasteiger partial charge in [-0.05, 0) is 43.7 Å². The maximum atomic E-state index is 9.94. The van der Waals surface area contributed by atoms with Crippen LogP contribution in [0.25, 0.3) is 0 Å². The first kappa shape index (κ1) is 18.1. The van der Waals surface area contributed by atoms with E-state index < -0.39 is 6.10 Å². The molecule has 0 amide bonds. The van der Waals surface area contributed by atoms with Crippen molar-refractivity contribution in [3.8, 4) is 0 Å². The summed E-state index contributed by atoms with van der Waals surface area (Å²) in [7, 11) is 0. The van der Waals surface area contributed by atoms with Crippen LogP contribution in [0, 0.1) is 12.8 Å². The third-order valence-electron chi connectivity index (χ3n) is 3.70. The molecule has 0 aromatic heterocycles. The lowest BCUT2D eigenvalue weighted by atomic mass is 10.0. The molecule has 2 unspecified atom stereocenters. The number of nitrogens with one attached hydrogen (secondary N) is 1. The Morgan fingerprint density at radius 2 is 1.90 bits per heavy atom. The highest BCUT2D eigenvalue weighted by atomic mass is 16.5. The van der Waals surface area contributed by atoms with E-state index in [0.717, 1.165) is 18.9 Å². The molecule has 1 aromatic rings. The molecule has 0 aliphatic heterocycles. The maximum Gasteiger partial charge on any atom is 0.0897 e. The van der Waals surface area contributed by atoms with Crippen LogP contribution in [0.2, 0.25) is 0 Å². The molecular formula is C18H31NO2. The minimum absolute atomic E-state index is 0.238. The van der Waals surface area contributed by atoms with Crippen molar-refractivity contribution in [1.82, 2.24) is 5.32 Å². The topological polar surface area (TPSA) is 41.5 Å². The minimum atomic E-state index is -0.449. The minimum Gasteiger partial charge on any atom is -0.389 e. The number of aryl methyl sites for hydroxylation is 1. The van der Waals surface area contributed by atoms with Gasteiger partial charge in [0.05, 0.1) is 12.7 Å². The van der Waals surface area contributed by atoms with Crippen molar-refractivity contribution in [2.75, 3.05) is 19.8 Å². The lowest BCUT2D eigenvalue weighted by Crippen LogP contribution is -2.32.